The Morgan fingerprint density at radius 3 is 2.67 bits per heavy atom. The van der Waals surface area contributed by atoms with Crippen molar-refractivity contribution in [1.82, 2.24) is 5.32 Å². The van der Waals surface area contributed by atoms with Gasteiger partial charge in [0, 0.05) is 8.04 Å². The highest BCUT2D eigenvalue weighted by Gasteiger charge is 2.30. The summed E-state index contributed by atoms with van der Waals surface area (Å²) < 4.78 is 1.49. The first kappa shape index (κ1) is 15.4. The summed E-state index contributed by atoms with van der Waals surface area (Å²) in [4.78, 5) is 22.5. The molecule has 18 heavy (non-hydrogen) atoms. The van der Waals surface area contributed by atoms with Gasteiger partial charge in [0.1, 0.15) is 0 Å². The molecule has 0 aliphatic carbocycles. The summed E-state index contributed by atoms with van der Waals surface area (Å²) in [5, 5.41) is 20.6. The molecule has 1 aromatic rings. The number of carbonyl (C=O) groups is 2. The maximum atomic E-state index is 11.8. The van der Waals surface area contributed by atoms with Gasteiger partial charge in [-0.1, -0.05) is 15.9 Å². The van der Waals surface area contributed by atoms with E-state index in [2.05, 4.69) is 21.2 Å². The number of hydrogen-bond donors (Lipinski definition) is 3. The van der Waals surface area contributed by atoms with Crippen LogP contribution < -0.4 is 5.32 Å². The Labute approximate surface area is 126 Å². The molecule has 0 saturated carbocycles. The fourth-order valence-corrected chi connectivity index (χ4v) is 2.04. The largest absolute Gasteiger partial charge is 0.479 e. The maximum absolute atomic E-state index is 11.8. The van der Waals surface area contributed by atoms with Crippen molar-refractivity contribution < 1.29 is 19.8 Å². The van der Waals surface area contributed by atoms with Crippen LogP contribution in [-0.2, 0) is 4.79 Å². The summed E-state index contributed by atoms with van der Waals surface area (Å²) in [6.45, 7) is 0.769. The summed E-state index contributed by atoms with van der Waals surface area (Å²) in [5.41, 5.74) is -1.56. The number of carbonyl (C=O) groups excluding carboxylic acids is 1. The topological polar surface area (TPSA) is 86.6 Å². The number of nitrogens with one attached hydrogen (secondary N) is 1. The molecular formula is C11H11BrINO4. The Balaban J connectivity index is 2.78. The van der Waals surface area contributed by atoms with Crippen molar-refractivity contribution >= 4 is 50.4 Å². The third kappa shape index (κ3) is 3.92. The van der Waals surface area contributed by atoms with E-state index in [1.54, 1.807) is 18.2 Å². The highest BCUT2D eigenvalue weighted by atomic mass is 127. The number of carboxylic acid groups (broad SMARTS) is 1. The molecule has 0 aliphatic heterocycles. The fourth-order valence-electron chi connectivity index (χ4n) is 1.09. The second kappa shape index (κ2) is 5.98. The van der Waals surface area contributed by atoms with E-state index >= 15 is 0 Å². The van der Waals surface area contributed by atoms with Gasteiger partial charge in [-0.15, -0.1) is 0 Å². The smallest absolute Gasteiger partial charge is 0.337 e. The first-order valence-corrected chi connectivity index (χ1v) is 6.80. The molecule has 0 radical (unpaired) electrons. The number of aliphatic carboxylic acids is 1. The highest BCUT2D eigenvalue weighted by Crippen LogP contribution is 2.18. The van der Waals surface area contributed by atoms with Crippen molar-refractivity contribution in [2.75, 3.05) is 6.54 Å². The van der Waals surface area contributed by atoms with Gasteiger partial charge in [0.05, 0.1) is 12.1 Å². The predicted molar refractivity (Wildman–Crippen MR) is 77.5 cm³/mol. The number of rotatable bonds is 4. The quantitative estimate of drug-likeness (QED) is 0.637. The lowest BCUT2D eigenvalue weighted by Gasteiger charge is -2.18. The molecule has 0 aromatic heterocycles. The van der Waals surface area contributed by atoms with Crippen molar-refractivity contribution in [3.05, 3.63) is 31.8 Å². The molecule has 7 heteroatoms. The van der Waals surface area contributed by atoms with E-state index in [0.717, 1.165) is 15.0 Å². The third-order valence-electron chi connectivity index (χ3n) is 2.23. The monoisotopic (exact) mass is 427 g/mol. The van der Waals surface area contributed by atoms with Crippen LogP contribution in [0.2, 0.25) is 0 Å². The van der Waals surface area contributed by atoms with Gasteiger partial charge in [-0.3, -0.25) is 4.79 Å². The molecule has 98 valence electrons. The normalized spacial score (nSPS) is 13.8. The molecular weight excluding hydrogens is 417 g/mol. The van der Waals surface area contributed by atoms with Gasteiger partial charge in [-0.05, 0) is 47.7 Å². The minimum absolute atomic E-state index is 0.357. The molecule has 5 nitrogen and oxygen atoms in total. The lowest BCUT2D eigenvalue weighted by molar-refractivity contribution is -0.155. The average molecular weight is 428 g/mol. The van der Waals surface area contributed by atoms with Crippen LogP contribution in [0.1, 0.15) is 17.3 Å². The van der Waals surface area contributed by atoms with E-state index in [9.17, 15) is 14.7 Å². The Morgan fingerprint density at radius 1 is 1.50 bits per heavy atom. The molecule has 0 spiro atoms. The van der Waals surface area contributed by atoms with Gasteiger partial charge in [-0.2, -0.15) is 0 Å². The van der Waals surface area contributed by atoms with Gasteiger partial charge in [-0.25, -0.2) is 4.79 Å². The van der Waals surface area contributed by atoms with E-state index in [1.165, 1.54) is 0 Å². The molecule has 1 amide bonds. The summed E-state index contributed by atoms with van der Waals surface area (Å²) in [6, 6.07) is 5.19. The number of hydrogen-bond acceptors (Lipinski definition) is 3. The van der Waals surface area contributed by atoms with Crippen molar-refractivity contribution in [3.63, 3.8) is 0 Å². The zero-order chi connectivity index (χ0) is 13.9. The van der Waals surface area contributed by atoms with Crippen molar-refractivity contribution in [2.45, 2.75) is 12.5 Å². The molecule has 0 heterocycles. The van der Waals surface area contributed by atoms with E-state index in [0.29, 0.717) is 5.56 Å². The van der Waals surface area contributed by atoms with Crippen molar-refractivity contribution in [1.29, 1.82) is 0 Å². The fraction of sp³-hybridized carbons (Fsp3) is 0.273. The Bertz CT molecular complexity index is 490. The van der Waals surface area contributed by atoms with Crippen molar-refractivity contribution in [2.24, 2.45) is 0 Å². The first-order valence-electron chi connectivity index (χ1n) is 4.93. The van der Waals surface area contributed by atoms with E-state index in [4.69, 9.17) is 5.11 Å². The lowest BCUT2D eigenvalue weighted by Crippen LogP contribution is -2.46. The van der Waals surface area contributed by atoms with Gasteiger partial charge in [0.2, 0.25) is 0 Å². The van der Waals surface area contributed by atoms with Crippen LogP contribution in [0.3, 0.4) is 0 Å². The summed E-state index contributed by atoms with van der Waals surface area (Å²) >= 11 is 5.26. The Morgan fingerprint density at radius 2 is 2.11 bits per heavy atom. The SMILES string of the molecule is CC(O)(CNC(=O)c1cc(Br)ccc1I)C(=O)O. The Hall–Kier alpha value is -0.670. The Kier molecular flexibility index (Phi) is 5.11. The molecule has 0 saturated heterocycles. The number of carboxylic acids is 1. The van der Waals surface area contributed by atoms with E-state index < -0.39 is 17.5 Å². The molecule has 1 aromatic carbocycles. The third-order valence-corrected chi connectivity index (χ3v) is 3.66. The molecule has 0 aliphatic rings. The molecule has 0 fully saturated rings. The molecule has 1 unspecified atom stereocenters. The van der Waals surface area contributed by atoms with Crippen LogP contribution in [0, 0.1) is 3.57 Å². The summed E-state index contributed by atoms with van der Waals surface area (Å²) in [7, 11) is 0. The number of aliphatic hydroxyl groups is 1. The van der Waals surface area contributed by atoms with Crippen LogP contribution >= 0.6 is 38.5 Å². The minimum Gasteiger partial charge on any atom is -0.479 e. The van der Waals surface area contributed by atoms with Crippen LogP contribution in [0.25, 0.3) is 0 Å². The second-order valence-corrected chi connectivity index (χ2v) is 5.96. The van der Waals surface area contributed by atoms with Crippen molar-refractivity contribution in [3.8, 4) is 0 Å². The van der Waals surface area contributed by atoms with Crippen LogP contribution in [-0.4, -0.2) is 34.2 Å². The molecule has 3 N–H and O–H groups in total. The standard InChI is InChI=1S/C11H11BrINO4/c1-11(18,10(16)17)5-14-9(15)7-4-6(12)2-3-8(7)13/h2-4,18H,5H2,1H3,(H,14,15)(H,16,17). The van der Waals surface area contributed by atoms with Gasteiger partial charge in [0.25, 0.3) is 5.91 Å². The minimum atomic E-state index is -1.98. The second-order valence-electron chi connectivity index (χ2n) is 3.89. The van der Waals surface area contributed by atoms with E-state index in [1.807, 2.05) is 22.6 Å². The van der Waals surface area contributed by atoms with Crippen LogP contribution in [0.15, 0.2) is 22.7 Å². The molecule has 1 rings (SSSR count). The van der Waals surface area contributed by atoms with Gasteiger partial charge in [0.15, 0.2) is 5.60 Å². The van der Waals surface area contributed by atoms with Gasteiger partial charge >= 0.3 is 5.97 Å². The van der Waals surface area contributed by atoms with Crippen LogP contribution in [0.5, 0.6) is 0 Å². The number of halogens is 2. The number of amides is 1. The van der Waals surface area contributed by atoms with Crippen LogP contribution in [0.4, 0.5) is 0 Å². The van der Waals surface area contributed by atoms with Gasteiger partial charge < -0.3 is 15.5 Å². The zero-order valence-corrected chi connectivity index (χ0v) is 13.1. The molecule has 1 atom stereocenters. The lowest BCUT2D eigenvalue weighted by atomic mass is 10.1. The van der Waals surface area contributed by atoms with E-state index in [-0.39, 0.29) is 6.54 Å². The maximum Gasteiger partial charge on any atom is 0.337 e. The predicted octanol–water partition coefficient (Wildman–Crippen LogP) is 1.62. The first-order chi connectivity index (χ1) is 8.24. The summed E-state index contributed by atoms with van der Waals surface area (Å²) in [6.07, 6.45) is 0. The highest BCUT2D eigenvalue weighted by molar-refractivity contribution is 14.1. The summed E-state index contributed by atoms with van der Waals surface area (Å²) in [5.74, 6) is -1.81. The average Bonchev–Trinajstić information content (AvgIpc) is 2.29. The zero-order valence-electron chi connectivity index (χ0n) is 9.41. The molecule has 0 bridgehead atoms. The number of benzene rings is 1.